The van der Waals surface area contributed by atoms with E-state index in [4.69, 9.17) is 4.74 Å². The Bertz CT molecular complexity index is 461. The third kappa shape index (κ3) is 4.24. The quantitative estimate of drug-likeness (QED) is 0.907. The summed E-state index contributed by atoms with van der Waals surface area (Å²) in [4.78, 5) is 24.8. The maximum atomic E-state index is 11.9. The van der Waals surface area contributed by atoms with Crippen LogP contribution in [0.1, 0.15) is 6.42 Å². The number of ether oxygens (including phenoxy) is 1. The highest BCUT2D eigenvalue weighted by atomic mass is 79.9. The fourth-order valence-corrected chi connectivity index (χ4v) is 2.05. The van der Waals surface area contributed by atoms with Crippen molar-refractivity contribution in [3.8, 4) is 5.75 Å². The second kappa shape index (κ2) is 6.56. The van der Waals surface area contributed by atoms with Crippen LogP contribution in [0.3, 0.4) is 0 Å². The molecule has 102 valence electrons. The van der Waals surface area contributed by atoms with Gasteiger partial charge in [0.2, 0.25) is 5.91 Å². The molecule has 5 nitrogen and oxygen atoms in total. The number of hydrogen-bond acceptors (Lipinski definition) is 3. The van der Waals surface area contributed by atoms with Crippen LogP contribution in [0.25, 0.3) is 0 Å². The van der Waals surface area contributed by atoms with Gasteiger partial charge in [-0.15, -0.1) is 0 Å². The van der Waals surface area contributed by atoms with E-state index in [1.807, 2.05) is 12.1 Å². The highest BCUT2D eigenvalue weighted by molar-refractivity contribution is 9.10. The van der Waals surface area contributed by atoms with E-state index in [0.29, 0.717) is 18.8 Å². The average Bonchev–Trinajstić information content (AvgIpc) is 2.62. The van der Waals surface area contributed by atoms with E-state index in [-0.39, 0.29) is 25.0 Å². The molecule has 1 heterocycles. The highest BCUT2D eigenvalue weighted by Gasteiger charge is 2.19. The number of carbonyl (C=O) groups excluding carboxylic acids is 2. The minimum absolute atomic E-state index is 0.0467. The van der Waals surface area contributed by atoms with Gasteiger partial charge in [0.1, 0.15) is 5.75 Å². The van der Waals surface area contributed by atoms with Gasteiger partial charge in [0.05, 0.1) is 6.54 Å². The summed E-state index contributed by atoms with van der Waals surface area (Å²) in [7, 11) is 0. The Kier molecular flexibility index (Phi) is 4.79. The third-order valence-electron chi connectivity index (χ3n) is 2.79. The monoisotopic (exact) mass is 326 g/mol. The van der Waals surface area contributed by atoms with Crippen LogP contribution in [0.5, 0.6) is 5.75 Å². The average molecular weight is 327 g/mol. The molecule has 0 aliphatic carbocycles. The van der Waals surface area contributed by atoms with Crippen LogP contribution in [-0.4, -0.2) is 43.0 Å². The van der Waals surface area contributed by atoms with Crippen LogP contribution < -0.4 is 10.1 Å². The number of hydrogen-bond donors (Lipinski definition) is 1. The SMILES string of the molecule is O=C1CN(C(=O)COc2ccc(Br)cc2)CCCN1. The van der Waals surface area contributed by atoms with Crippen molar-refractivity contribution in [3.63, 3.8) is 0 Å². The first kappa shape index (κ1) is 13.9. The number of nitrogens with zero attached hydrogens (tertiary/aromatic N) is 1. The minimum Gasteiger partial charge on any atom is -0.484 e. The zero-order valence-electron chi connectivity index (χ0n) is 10.4. The molecule has 1 aromatic carbocycles. The molecule has 19 heavy (non-hydrogen) atoms. The Morgan fingerprint density at radius 3 is 2.84 bits per heavy atom. The summed E-state index contributed by atoms with van der Waals surface area (Å²) in [6.07, 6.45) is 0.774. The van der Waals surface area contributed by atoms with E-state index in [1.165, 1.54) is 4.90 Å². The predicted molar refractivity (Wildman–Crippen MR) is 73.8 cm³/mol. The molecule has 1 aliphatic rings. The molecular weight excluding hydrogens is 312 g/mol. The number of amides is 2. The van der Waals surface area contributed by atoms with Gasteiger partial charge in [0.15, 0.2) is 6.61 Å². The number of benzene rings is 1. The Hall–Kier alpha value is -1.56. The van der Waals surface area contributed by atoms with Crippen molar-refractivity contribution in [2.24, 2.45) is 0 Å². The van der Waals surface area contributed by atoms with Gasteiger partial charge in [-0.1, -0.05) is 15.9 Å². The molecule has 6 heteroatoms. The smallest absolute Gasteiger partial charge is 0.260 e. The fraction of sp³-hybridized carbons (Fsp3) is 0.385. The van der Waals surface area contributed by atoms with Gasteiger partial charge in [-0.05, 0) is 30.7 Å². The van der Waals surface area contributed by atoms with Crippen LogP contribution in [0.4, 0.5) is 0 Å². The zero-order valence-corrected chi connectivity index (χ0v) is 12.0. The summed E-state index contributed by atoms with van der Waals surface area (Å²) in [6, 6.07) is 7.26. The Morgan fingerprint density at radius 1 is 1.37 bits per heavy atom. The normalized spacial score (nSPS) is 15.6. The van der Waals surface area contributed by atoms with Crippen molar-refractivity contribution < 1.29 is 14.3 Å². The lowest BCUT2D eigenvalue weighted by Gasteiger charge is -2.19. The first-order chi connectivity index (χ1) is 9.15. The van der Waals surface area contributed by atoms with Gasteiger partial charge in [0, 0.05) is 17.6 Å². The first-order valence-electron chi connectivity index (χ1n) is 6.08. The maximum Gasteiger partial charge on any atom is 0.260 e. The van der Waals surface area contributed by atoms with Crippen molar-refractivity contribution in [3.05, 3.63) is 28.7 Å². The standard InChI is InChI=1S/C13H15BrN2O3/c14-10-2-4-11(5-3-10)19-9-13(18)16-7-1-6-15-12(17)8-16/h2-5H,1,6-9H2,(H,15,17). The molecule has 0 aromatic heterocycles. The molecule has 0 unspecified atom stereocenters. The summed E-state index contributed by atoms with van der Waals surface area (Å²) in [5.41, 5.74) is 0. The summed E-state index contributed by atoms with van der Waals surface area (Å²) < 4.78 is 6.36. The van der Waals surface area contributed by atoms with E-state index in [1.54, 1.807) is 12.1 Å². The number of nitrogens with one attached hydrogen (secondary N) is 1. The lowest BCUT2D eigenvalue weighted by atomic mass is 10.3. The van der Waals surface area contributed by atoms with Gasteiger partial charge < -0.3 is 15.0 Å². The first-order valence-corrected chi connectivity index (χ1v) is 6.87. The molecule has 1 aliphatic heterocycles. The van der Waals surface area contributed by atoms with E-state index in [2.05, 4.69) is 21.2 Å². The molecule has 0 spiro atoms. The summed E-state index contributed by atoms with van der Waals surface area (Å²) in [5.74, 6) is 0.352. The van der Waals surface area contributed by atoms with Crippen LogP contribution in [0.15, 0.2) is 28.7 Å². The van der Waals surface area contributed by atoms with Gasteiger partial charge in [-0.25, -0.2) is 0 Å². The highest BCUT2D eigenvalue weighted by Crippen LogP contribution is 2.16. The van der Waals surface area contributed by atoms with Crippen molar-refractivity contribution in [1.82, 2.24) is 10.2 Å². The molecule has 1 aromatic rings. The van der Waals surface area contributed by atoms with E-state index in [9.17, 15) is 9.59 Å². The van der Waals surface area contributed by atoms with Crippen LogP contribution in [-0.2, 0) is 9.59 Å². The number of carbonyl (C=O) groups is 2. The van der Waals surface area contributed by atoms with E-state index >= 15 is 0 Å². The molecule has 2 amide bonds. The molecule has 0 bridgehead atoms. The maximum absolute atomic E-state index is 11.9. The van der Waals surface area contributed by atoms with E-state index < -0.39 is 0 Å². The molecule has 1 fully saturated rings. The fourth-order valence-electron chi connectivity index (χ4n) is 1.79. The minimum atomic E-state index is -0.167. The molecule has 1 saturated heterocycles. The molecule has 2 rings (SSSR count). The van der Waals surface area contributed by atoms with Gasteiger partial charge in [-0.3, -0.25) is 9.59 Å². The second-order valence-electron chi connectivity index (χ2n) is 4.26. The summed E-state index contributed by atoms with van der Waals surface area (Å²) >= 11 is 3.33. The van der Waals surface area contributed by atoms with Gasteiger partial charge >= 0.3 is 0 Å². The van der Waals surface area contributed by atoms with Crippen LogP contribution in [0, 0.1) is 0 Å². The largest absolute Gasteiger partial charge is 0.484 e. The van der Waals surface area contributed by atoms with Crippen LogP contribution in [0.2, 0.25) is 0 Å². The molecule has 0 atom stereocenters. The molecule has 1 N–H and O–H groups in total. The Labute approximate surface area is 120 Å². The lowest BCUT2D eigenvalue weighted by molar-refractivity contribution is -0.136. The Balaban J connectivity index is 1.86. The van der Waals surface area contributed by atoms with Gasteiger partial charge in [-0.2, -0.15) is 0 Å². The topological polar surface area (TPSA) is 58.6 Å². The molecule has 0 radical (unpaired) electrons. The predicted octanol–water partition coefficient (Wildman–Crippen LogP) is 1.18. The second-order valence-corrected chi connectivity index (χ2v) is 5.18. The van der Waals surface area contributed by atoms with Crippen molar-refractivity contribution in [1.29, 1.82) is 0 Å². The third-order valence-corrected chi connectivity index (χ3v) is 3.32. The van der Waals surface area contributed by atoms with E-state index in [0.717, 1.165) is 10.9 Å². The number of halogens is 1. The summed E-state index contributed by atoms with van der Waals surface area (Å²) in [5, 5.41) is 2.73. The molecular formula is C13H15BrN2O3. The summed E-state index contributed by atoms with van der Waals surface area (Å²) in [6.45, 7) is 1.27. The van der Waals surface area contributed by atoms with Crippen molar-refractivity contribution >= 4 is 27.7 Å². The lowest BCUT2D eigenvalue weighted by Crippen LogP contribution is -2.39. The van der Waals surface area contributed by atoms with Crippen molar-refractivity contribution in [2.45, 2.75) is 6.42 Å². The van der Waals surface area contributed by atoms with Crippen LogP contribution >= 0.6 is 15.9 Å². The van der Waals surface area contributed by atoms with Crippen molar-refractivity contribution in [2.75, 3.05) is 26.2 Å². The van der Waals surface area contributed by atoms with Gasteiger partial charge in [0.25, 0.3) is 5.91 Å². The Morgan fingerprint density at radius 2 is 2.11 bits per heavy atom. The number of rotatable bonds is 3. The zero-order chi connectivity index (χ0) is 13.7. The molecule has 0 saturated carbocycles.